The standard InChI is InChI=1S/C13H7Cl2N3/c14-9-3-1-8(2-4-9)13-16-11-6-5-10(15)7-12(11)17-18-13/h1-7H. The van der Waals surface area contributed by atoms with Gasteiger partial charge in [-0.2, -0.15) is 0 Å². The Morgan fingerprint density at radius 2 is 1.44 bits per heavy atom. The van der Waals surface area contributed by atoms with Crippen molar-refractivity contribution < 1.29 is 0 Å². The summed E-state index contributed by atoms with van der Waals surface area (Å²) >= 11 is 11.7. The van der Waals surface area contributed by atoms with Gasteiger partial charge in [0.1, 0.15) is 5.52 Å². The molecule has 3 aromatic rings. The van der Waals surface area contributed by atoms with Crippen molar-refractivity contribution in [1.29, 1.82) is 0 Å². The van der Waals surface area contributed by atoms with Crippen LogP contribution in [0.1, 0.15) is 0 Å². The summed E-state index contributed by atoms with van der Waals surface area (Å²) in [5.41, 5.74) is 2.32. The van der Waals surface area contributed by atoms with Crippen LogP contribution in [0.2, 0.25) is 10.0 Å². The Morgan fingerprint density at radius 1 is 0.722 bits per heavy atom. The number of hydrogen-bond acceptors (Lipinski definition) is 3. The van der Waals surface area contributed by atoms with E-state index < -0.39 is 0 Å². The Balaban J connectivity index is 2.13. The van der Waals surface area contributed by atoms with Crippen LogP contribution in [-0.2, 0) is 0 Å². The molecule has 0 aliphatic rings. The van der Waals surface area contributed by atoms with Crippen LogP contribution in [0, 0.1) is 0 Å². The van der Waals surface area contributed by atoms with Crippen LogP contribution in [0.5, 0.6) is 0 Å². The molecule has 0 atom stereocenters. The van der Waals surface area contributed by atoms with Crippen molar-refractivity contribution in [1.82, 2.24) is 15.2 Å². The minimum atomic E-state index is 0.571. The number of halogens is 2. The lowest BCUT2D eigenvalue weighted by atomic mass is 10.2. The first-order chi connectivity index (χ1) is 8.72. The third-order valence-electron chi connectivity index (χ3n) is 2.52. The molecule has 18 heavy (non-hydrogen) atoms. The lowest BCUT2D eigenvalue weighted by Crippen LogP contribution is -1.93. The predicted octanol–water partition coefficient (Wildman–Crippen LogP) is 4.00. The van der Waals surface area contributed by atoms with Gasteiger partial charge in [0.25, 0.3) is 0 Å². The van der Waals surface area contributed by atoms with E-state index >= 15 is 0 Å². The van der Waals surface area contributed by atoms with Crippen molar-refractivity contribution in [3.8, 4) is 11.4 Å². The molecule has 0 saturated heterocycles. The first kappa shape index (κ1) is 11.4. The van der Waals surface area contributed by atoms with Crippen LogP contribution in [0.3, 0.4) is 0 Å². The Kier molecular flexibility index (Phi) is 2.86. The van der Waals surface area contributed by atoms with Gasteiger partial charge in [-0.1, -0.05) is 23.2 Å². The minimum absolute atomic E-state index is 0.571. The third-order valence-corrected chi connectivity index (χ3v) is 3.01. The molecule has 1 heterocycles. The molecule has 88 valence electrons. The molecule has 0 saturated carbocycles. The minimum Gasteiger partial charge on any atom is -0.225 e. The first-order valence-electron chi connectivity index (χ1n) is 5.28. The van der Waals surface area contributed by atoms with Crippen LogP contribution in [-0.4, -0.2) is 15.2 Å². The summed E-state index contributed by atoms with van der Waals surface area (Å²) < 4.78 is 0. The number of fused-ring (bicyclic) bond motifs is 1. The molecule has 3 rings (SSSR count). The lowest BCUT2D eigenvalue weighted by Gasteiger charge is -2.01. The number of nitrogens with zero attached hydrogens (tertiary/aromatic N) is 3. The average molecular weight is 276 g/mol. The maximum absolute atomic E-state index is 5.88. The molecule has 2 aromatic carbocycles. The highest BCUT2D eigenvalue weighted by Gasteiger charge is 2.04. The number of rotatable bonds is 1. The summed E-state index contributed by atoms with van der Waals surface area (Å²) in [4.78, 5) is 4.44. The maximum Gasteiger partial charge on any atom is 0.182 e. The zero-order valence-electron chi connectivity index (χ0n) is 9.14. The quantitative estimate of drug-likeness (QED) is 0.674. The van der Waals surface area contributed by atoms with E-state index in [9.17, 15) is 0 Å². The van der Waals surface area contributed by atoms with E-state index in [-0.39, 0.29) is 0 Å². The number of hydrogen-bond donors (Lipinski definition) is 0. The number of aromatic nitrogens is 3. The Labute approximate surface area is 113 Å². The van der Waals surface area contributed by atoms with E-state index in [4.69, 9.17) is 23.2 Å². The largest absolute Gasteiger partial charge is 0.225 e. The summed E-state index contributed by atoms with van der Waals surface area (Å²) in [6.07, 6.45) is 0. The van der Waals surface area contributed by atoms with Crippen molar-refractivity contribution in [2.45, 2.75) is 0 Å². The van der Waals surface area contributed by atoms with Crippen molar-refractivity contribution >= 4 is 34.2 Å². The number of benzene rings is 2. The second-order valence-corrected chi connectivity index (χ2v) is 4.65. The fraction of sp³-hybridized carbons (Fsp3) is 0. The van der Waals surface area contributed by atoms with Crippen molar-refractivity contribution in [2.24, 2.45) is 0 Å². The SMILES string of the molecule is Clc1ccc(-c2nnc3cc(Cl)ccc3n2)cc1. The fourth-order valence-corrected chi connectivity index (χ4v) is 1.92. The van der Waals surface area contributed by atoms with E-state index in [1.54, 1.807) is 24.3 Å². The van der Waals surface area contributed by atoms with Gasteiger partial charge >= 0.3 is 0 Å². The summed E-state index contributed by atoms with van der Waals surface area (Å²) in [7, 11) is 0. The van der Waals surface area contributed by atoms with Gasteiger partial charge in [0, 0.05) is 15.6 Å². The molecule has 0 fully saturated rings. The van der Waals surface area contributed by atoms with Gasteiger partial charge in [-0.25, -0.2) is 4.98 Å². The zero-order chi connectivity index (χ0) is 12.5. The van der Waals surface area contributed by atoms with E-state index in [0.717, 1.165) is 11.1 Å². The third kappa shape index (κ3) is 2.15. The van der Waals surface area contributed by atoms with E-state index in [1.165, 1.54) is 0 Å². The van der Waals surface area contributed by atoms with Crippen LogP contribution < -0.4 is 0 Å². The van der Waals surface area contributed by atoms with Gasteiger partial charge in [0.05, 0.1) is 5.52 Å². The zero-order valence-corrected chi connectivity index (χ0v) is 10.7. The highest BCUT2D eigenvalue weighted by molar-refractivity contribution is 6.31. The topological polar surface area (TPSA) is 38.7 Å². The van der Waals surface area contributed by atoms with E-state index in [2.05, 4.69) is 15.2 Å². The van der Waals surface area contributed by atoms with E-state index in [1.807, 2.05) is 18.2 Å². The van der Waals surface area contributed by atoms with Crippen LogP contribution in [0.4, 0.5) is 0 Å². The van der Waals surface area contributed by atoms with Gasteiger partial charge in [0.2, 0.25) is 0 Å². The molecule has 0 N–H and O–H groups in total. The smallest absolute Gasteiger partial charge is 0.182 e. The average Bonchev–Trinajstić information content (AvgIpc) is 2.39. The second-order valence-electron chi connectivity index (χ2n) is 3.78. The normalized spacial score (nSPS) is 10.8. The Morgan fingerprint density at radius 3 is 2.22 bits per heavy atom. The molecule has 5 heteroatoms. The van der Waals surface area contributed by atoms with Gasteiger partial charge in [-0.05, 0) is 42.5 Å². The maximum atomic E-state index is 5.88. The Bertz CT molecular complexity index is 711. The second kappa shape index (κ2) is 4.52. The predicted molar refractivity (Wildman–Crippen MR) is 72.8 cm³/mol. The van der Waals surface area contributed by atoms with Crippen LogP contribution in [0.25, 0.3) is 22.4 Å². The van der Waals surface area contributed by atoms with Crippen molar-refractivity contribution in [3.05, 3.63) is 52.5 Å². The molecule has 0 amide bonds. The molecular weight excluding hydrogens is 269 g/mol. The monoisotopic (exact) mass is 275 g/mol. The molecule has 0 radical (unpaired) electrons. The van der Waals surface area contributed by atoms with Gasteiger partial charge in [-0.3, -0.25) is 0 Å². The molecule has 1 aromatic heterocycles. The first-order valence-corrected chi connectivity index (χ1v) is 6.04. The highest BCUT2D eigenvalue weighted by Crippen LogP contribution is 2.20. The van der Waals surface area contributed by atoms with Gasteiger partial charge in [-0.15, -0.1) is 10.2 Å². The van der Waals surface area contributed by atoms with Crippen molar-refractivity contribution in [2.75, 3.05) is 0 Å². The molecule has 3 nitrogen and oxygen atoms in total. The summed E-state index contributed by atoms with van der Waals surface area (Å²) in [6, 6.07) is 12.7. The van der Waals surface area contributed by atoms with Crippen LogP contribution in [0.15, 0.2) is 42.5 Å². The van der Waals surface area contributed by atoms with Crippen molar-refractivity contribution in [3.63, 3.8) is 0 Å². The van der Waals surface area contributed by atoms with E-state index in [0.29, 0.717) is 21.4 Å². The molecular formula is C13H7Cl2N3. The summed E-state index contributed by atoms with van der Waals surface area (Å²) in [6.45, 7) is 0. The molecule has 0 aliphatic heterocycles. The van der Waals surface area contributed by atoms with Gasteiger partial charge < -0.3 is 0 Å². The fourth-order valence-electron chi connectivity index (χ4n) is 1.63. The highest BCUT2D eigenvalue weighted by atomic mass is 35.5. The van der Waals surface area contributed by atoms with Crippen LogP contribution >= 0.6 is 23.2 Å². The molecule has 0 unspecified atom stereocenters. The molecule has 0 aliphatic carbocycles. The summed E-state index contributed by atoms with van der Waals surface area (Å²) in [5.74, 6) is 0.571. The Hall–Kier alpha value is -1.71. The lowest BCUT2D eigenvalue weighted by molar-refractivity contribution is 1.03. The molecule has 0 spiro atoms. The molecule has 0 bridgehead atoms. The van der Waals surface area contributed by atoms with Gasteiger partial charge in [0.15, 0.2) is 5.82 Å². The summed E-state index contributed by atoms with van der Waals surface area (Å²) in [5, 5.41) is 9.50.